The second kappa shape index (κ2) is 7.62. The molecule has 5 heteroatoms. The highest BCUT2D eigenvalue weighted by atomic mass is 16.5. The van der Waals surface area contributed by atoms with E-state index in [1.165, 1.54) is 0 Å². The smallest absolute Gasteiger partial charge is 0.222 e. The molecule has 1 aliphatic heterocycles. The lowest BCUT2D eigenvalue weighted by atomic mass is 10.4. The number of aliphatic hydroxyl groups excluding tert-OH is 1. The Kier molecular flexibility index (Phi) is 6.31. The number of nitrogens with zero attached hydrogens (tertiary/aromatic N) is 1. The molecule has 0 spiro atoms. The predicted molar refractivity (Wildman–Crippen MR) is 54.5 cm³/mol. The molecule has 1 amide bonds. The van der Waals surface area contributed by atoms with Crippen LogP contribution in [0, 0.1) is 0 Å². The molecular formula is C10H19NO4. The van der Waals surface area contributed by atoms with Crippen LogP contribution in [-0.4, -0.2) is 62.0 Å². The standard InChI is InChI=1S/C10H19NO4/c12-5-7-15-9-8-14-6-4-11-3-1-2-10(11)13/h12H,1-9H2. The van der Waals surface area contributed by atoms with Crippen molar-refractivity contribution >= 4 is 5.91 Å². The van der Waals surface area contributed by atoms with Crippen molar-refractivity contribution in [1.82, 2.24) is 4.90 Å². The van der Waals surface area contributed by atoms with Crippen LogP contribution >= 0.6 is 0 Å². The molecule has 1 heterocycles. The van der Waals surface area contributed by atoms with Crippen LogP contribution in [0.4, 0.5) is 0 Å². The van der Waals surface area contributed by atoms with Gasteiger partial charge in [-0.05, 0) is 6.42 Å². The van der Waals surface area contributed by atoms with E-state index in [-0.39, 0.29) is 12.5 Å². The number of carbonyl (C=O) groups excluding carboxylic acids is 1. The molecule has 88 valence electrons. The van der Waals surface area contributed by atoms with Crippen molar-refractivity contribution in [3.8, 4) is 0 Å². The molecule has 1 saturated heterocycles. The van der Waals surface area contributed by atoms with Gasteiger partial charge in [0.05, 0.1) is 33.0 Å². The highest BCUT2D eigenvalue weighted by Gasteiger charge is 2.18. The molecule has 0 bridgehead atoms. The number of hydrogen-bond acceptors (Lipinski definition) is 4. The van der Waals surface area contributed by atoms with E-state index in [1.54, 1.807) is 0 Å². The second-order valence-corrected chi connectivity index (χ2v) is 3.43. The topological polar surface area (TPSA) is 59.0 Å². The van der Waals surface area contributed by atoms with Gasteiger partial charge in [-0.1, -0.05) is 0 Å². The molecule has 0 saturated carbocycles. The Labute approximate surface area is 90.0 Å². The maximum absolute atomic E-state index is 11.2. The maximum atomic E-state index is 11.2. The van der Waals surface area contributed by atoms with Gasteiger partial charge in [-0.25, -0.2) is 0 Å². The first-order valence-corrected chi connectivity index (χ1v) is 5.38. The van der Waals surface area contributed by atoms with Crippen LogP contribution in [0.15, 0.2) is 0 Å². The first-order valence-electron chi connectivity index (χ1n) is 5.38. The summed E-state index contributed by atoms with van der Waals surface area (Å²) in [5, 5.41) is 8.43. The molecule has 1 rings (SSSR count). The van der Waals surface area contributed by atoms with Crippen LogP contribution in [0.2, 0.25) is 0 Å². The lowest BCUT2D eigenvalue weighted by Crippen LogP contribution is -2.28. The van der Waals surface area contributed by atoms with E-state index < -0.39 is 0 Å². The molecule has 0 aromatic rings. The third kappa shape index (κ3) is 5.11. The summed E-state index contributed by atoms with van der Waals surface area (Å²) in [6.45, 7) is 3.52. The van der Waals surface area contributed by atoms with Crippen molar-refractivity contribution in [2.45, 2.75) is 12.8 Å². The summed E-state index contributed by atoms with van der Waals surface area (Å²) >= 11 is 0. The van der Waals surface area contributed by atoms with E-state index in [9.17, 15) is 4.79 Å². The molecule has 0 unspecified atom stereocenters. The van der Waals surface area contributed by atoms with Gasteiger partial charge in [0.25, 0.3) is 0 Å². The average molecular weight is 217 g/mol. The monoisotopic (exact) mass is 217 g/mol. The normalized spacial score (nSPS) is 16.3. The quantitative estimate of drug-likeness (QED) is 0.564. The fraction of sp³-hybridized carbons (Fsp3) is 0.900. The van der Waals surface area contributed by atoms with Crippen LogP contribution < -0.4 is 0 Å². The van der Waals surface area contributed by atoms with E-state index in [0.717, 1.165) is 13.0 Å². The van der Waals surface area contributed by atoms with Crippen molar-refractivity contribution in [2.24, 2.45) is 0 Å². The fourth-order valence-corrected chi connectivity index (χ4v) is 1.50. The first-order chi connectivity index (χ1) is 7.34. The number of ether oxygens (including phenoxy) is 2. The van der Waals surface area contributed by atoms with Gasteiger partial charge in [0.2, 0.25) is 5.91 Å². The summed E-state index contributed by atoms with van der Waals surface area (Å²) in [4.78, 5) is 13.0. The van der Waals surface area contributed by atoms with Crippen LogP contribution in [0.1, 0.15) is 12.8 Å². The summed E-state index contributed by atoms with van der Waals surface area (Å²) in [5.74, 6) is 0.232. The van der Waals surface area contributed by atoms with Crippen molar-refractivity contribution in [2.75, 3.05) is 46.1 Å². The van der Waals surface area contributed by atoms with Gasteiger partial charge in [-0.15, -0.1) is 0 Å². The molecule has 0 aliphatic carbocycles. The molecule has 0 atom stereocenters. The second-order valence-electron chi connectivity index (χ2n) is 3.43. The molecule has 5 nitrogen and oxygen atoms in total. The number of carbonyl (C=O) groups is 1. The Morgan fingerprint density at radius 2 is 1.93 bits per heavy atom. The molecule has 0 aromatic heterocycles. The Hall–Kier alpha value is -0.650. The average Bonchev–Trinajstić information content (AvgIpc) is 2.63. The molecule has 1 fully saturated rings. The lowest BCUT2D eigenvalue weighted by Gasteiger charge is -2.15. The van der Waals surface area contributed by atoms with E-state index in [1.807, 2.05) is 4.90 Å². The number of hydrogen-bond donors (Lipinski definition) is 1. The van der Waals surface area contributed by atoms with Crippen molar-refractivity contribution in [1.29, 1.82) is 0 Å². The molecule has 0 radical (unpaired) electrons. The Bertz CT molecular complexity index is 186. The van der Waals surface area contributed by atoms with Gasteiger partial charge in [0.1, 0.15) is 0 Å². The van der Waals surface area contributed by atoms with Gasteiger partial charge in [-0.3, -0.25) is 4.79 Å². The Balaban J connectivity index is 1.86. The Morgan fingerprint density at radius 1 is 1.20 bits per heavy atom. The van der Waals surface area contributed by atoms with E-state index >= 15 is 0 Å². The lowest BCUT2D eigenvalue weighted by molar-refractivity contribution is -0.128. The minimum Gasteiger partial charge on any atom is -0.394 e. The summed E-state index contributed by atoms with van der Waals surface area (Å²) in [6.07, 6.45) is 1.65. The van der Waals surface area contributed by atoms with E-state index in [2.05, 4.69) is 0 Å². The highest BCUT2D eigenvalue weighted by Crippen LogP contribution is 2.08. The molecule has 1 aliphatic rings. The summed E-state index contributed by atoms with van der Waals surface area (Å²) < 4.78 is 10.3. The number of aliphatic hydroxyl groups is 1. The van der Waals surface area contributed by atoms with E-state index in [4.69, 9.17) is 14.6 Å². The molecule has 1 N–H and O–H groups in total. The van der Waals surface area contributed by atoms with Gasteiger partial charge < -0.3 is 19.5 Å². The molecule has 0 aromatic carbocycles. The predicted octanol–water partition coefficient (Wildman–Crippen LogP) is -0.366. The van der Waals surface area contributed by atoms with E-state index in [0.29, 0.717) is 39.4 Å². The maximum Gasteiger partial charge on any atom is 0.222 e. The van der Waals surface area contributed by atoms with Crippen LogP contribution in [0.3, 0.4) is 0 Å². The zero-order chi connectivity index (χ0) is 10.9. The van der Waals surface area contributed by atoms with Gasteiger partial charge in [0, 0.05) is 19.5 Å². The largest absolute Gasteiger partial charge is 0.394 e. The van der Waals surface area contributed by atoms with Gasteiger partial charge in [0.15, 0.2) is 0 Å². The summed E-state index contributed by atoms with van der Waals surface area (Å²) in [6, 6.07) is 0. The minimum absolute atomic E-state index is 0.0439. The summed E-state index contributed by atoms with van der Waals surface area (Å²) in [7, 11) is 0. The van der Waals surface area contributed by atoms with Crippen molar-refractivity contribution in [3.05, 3.63) is 0 Å². The first kappa shape index (κ1) is 12.4. The van der Waals surface area contributed by atoms with Crippen molar-refractivity contribution < 1.29 is 19.4 Å². The SMILES string of the molecule is O=C1CCCN1CCOCCOCCO. The van der Waals surface area contributed by atoms with Gasteiger partial charge >= 0.3 is 0 Å². The van der Waals surface area contributed by atoms with Crippen molar-refractivity contribution in [3.63, 3.8) is 0 Å². The fourth-order valence-electron chi connectivity index (χ4n) is 1.50. The number of likely N-dealkylation sites (tertiary alicyclic amines) is 1. The van der Waals surface area contributed by atoms with Crippen LogP contribution in [0.25, 0.3) is 0 Å². The third-order valence-electron chi connectivity index (χ3n) is 2.28. The Morgan fingerprint density at radius 3 is 2.53 bits per heavy atom. The molecular weight excluding hydrogens is 198 g/mol. The van der Waals surface area contributed by atoms with Crippen LogP contribution in [0.5, 0.6) is 0 Å². The third-order valence-corrected chi connectivity index (χ3v) is 2.28. The zero-order valence-electron chi connectivity index (χ0n) is 8.98. The minimum atomic E-state index is 0.0439. The van der Waals surface area contributed by atoms with Crippen LogP contribution in [-0.2, 0) is 14.3 Å². The number of rotatable bonds is 8. The number of amides is 1. The molecule has 15 heavy (non-hydrogen) atoms. The highest BCUT2D eigenvalue weighted by molar-refractivity contribution is 5.77. The zero-order valence-corrected chi connectivity index (χ0v) is 8.98. The summed E-state index contributed by atoms with van der Waals surface area (Å²) in [5.41, 5.74) is 0. The van der Waals surface area contributed by atoms with Gasteiger partial charge in [-0.2, -0.15) is 0 Å².